The molecule has 4 atom stereocenters. The molecule has 2 saturated carbocycles. The molecule has 6 heteroatoms. The number of imidazole rings is 1. The van der Waals surface area contributed by atoms with Crippen LogP contribution in [-0.4, -0.2) is 37.0 Å². The molecule has 0 aromatic carbocycles. The van der Waals surface area contributed by atoms with E-state index in [9.17, 15) is 5.11 Å². The molecule has 0 saturated heterocycles. The first-order valence-corrected chi connectivity index (χ1v) is 8.75. The number of hydrogen-bond acceptors (Lipinski definition) is 4. The SMILES string of the molecule is O[C@@H]1C[C@H](NC(c2ncc[nH]2)C2CCCCC2)[C@H]1n1cccn1. The minimum absolute atomic E-state index is 0.0195. The second kappa shape index (κ2) is 6.45. The van der Waals surface area contributed by atoms with Gasteiger partial charge in [-0.1, -0.05) is 19.3 Å². The van der Waals surface area contributed by atoms with Crippen molar-refractivity contribution in [1.29, 1.82) is 0 Å². The molecule has 3 N–H and O–H groups in total. The average molecular weight is 315 g/mol. The molecule has 0 amide bonds. The van der Waals surface area contributed by atoms with Crippen LogP contribution in [0.15, 0.2) is 30.9 Å². The Bertz CT molecular complexity index is 591. The van der Waals surface area contributed by atoms with Crippen molar-refractivity contribution in [2.45, 2.75) is 62.8 Å². The number of nitrogens with zero attached hydrogens (tertiary/aromatic N) is 3. The summed E-state index contributed by atoms with van der Waals surface area (Å²) >= 11 is 0. The minimum Gasteiger partial charge on any atom is -0.391 e. The summed E-state index contributed by atoms with van der Waals surface area (Å²) in [6.07, 6.45) is 14.3. The molecule has 0 aliphatic heterocycles. The molecule has 4 rings (SSSR count). The van der Waals surface area contributed by atoms with Crippen LogP contribution >= 0.6 is 0 Å². The Hall–Kier alpha value is -1.66. The van der Waals surface area contributed by atoms with Gasteiger partial charge in [-0.2, -0.15) is 5.10 Å². The smallest absolute Gasteiger partial charge is 0.123 e. The molecule has 2 aromatic rings. The summed E-state index contributed by atoms with van der Waals surface area (Å²) in [6.45, 7) is 0. The van der Waals surface area contributed by atoms with Crippen molar-refractivity contribution in [3.05, 3.63) is 36.7 Å². The zero-order valence-corrected chi connectivity index (χ0v) is 13.3. The van der Waals surface area contributed by atoms with Crippen LogP contribution in [0.4, 0.5) is 0 Å². The molecule has 0 radical (unpaired) electrons. The molecular formula is C17H25N5O. The summed E-state index contributed by atoms with van der Waals surface area (Å²) in [5.41, 5.74) is 0. The van der Waals surface area contributed by atoms with Gasteiger partial charge in [0.25, 0.3) is 0 Å². The Balaban J connectivity index is 1.51. The van der Waals surface area contributed by atoms with Crippen molar-refractivity contribution >= 4 is 0 Å². The molecule has 23 heavy (non-hydrogen) atoms. The predicted octanol–water partition coefficient (Wildman–Crippen LogP) is 2.19. The van der Waals surface area contributed by atoms with Crippen LogP contribution in [0.25, 0.3) is 0 Å². The largest absolute Gasteiger partial charge is 0.391 e. The molecule has 2 aromatic heterocycles. The van der Waals surface area contributed by atoms with Gasteiger partial charge in [0.15, 0.2) is 0 Å². The molecule has 1 unspecified atom stereocenters. The van der Waals surface area contributed by atoms with Crippen LogP contribution in [0.1, 0.15) is 56.4 Å². The van der Waals surface area contributed by atoms with Crippen molar-refractivity contribution in [2.24, 2.45) is 5.92 Å². The van der Waals surface area contributed by atoms with Gasteiger partial charge in [-0.3, -0.25) is 4.68 Å². The van der Waals surface area contributed by atoms with Gasteiger partial charge in [-0.25, -0.2) is 4.98 Å². The predicted molar refractivity (Wildman–Crippen MR) is 86.7 cm³/mol. The summed E-state index contributed by atoms with van der Waals surface area (Å²) in [5, 5.41) is 18.3. The maximum Gasteiger partial charge on any atom is 0.123 e. The third-order valence-corrected chi connectivity index (χ3v) is 5.46. The number of hydrogen-bond donors (Lipinski definition) is 3. The summed E-state index contributed by atoms with van der Waals surface area (Å²) in [6, 6.07) is 2.40. The van der Waals surface area contributed by atoms with E-state index >= 15 is 0 Å². The van der Waals surface area contributed by atoms with Crippen LogP contribution in [0.5, 0.6) is 0 Å². The van der Waals surface area contributed by atoms with Gasteiger partial charge in [0.1, 0.15) is 5.82 Å². The first-order chi connectivity index (χ1) is 11.3. The van der Waals surface area contributed by atoms with Gasteiger partial charge in [0.2, 0.25) is 0 Å². The van der Waals surface area contributed by atoms with Gasteiger partial charge in [-0.05, 0) is 31.2 Å². The highest BCUT2D eigenvalue weighted by Gasteiger charge is 2.44. The van der Waals surface area contributed by atoms with Crippen molar-refractivity contribution in [1.82, 2.24) is 25.1 Å². The molecule has 2 aliphatic rings. The van der Waals surface area contributed by atoms with Gasteiger partial charge < -0.3 is 15.4 Å². The first-order valence-electron chi connectivity index (χ1n) is 8.75. The number of rotatable bonds is 5. The van der Waals surface area contributed by atoms with Gasteiger partial charge in [0.05, 0.1) is 18.2 Å². The van der Waals surface area contributed by atoms with Crippen LogP contribution in [-0.2, 0) is 0 Å². The standard InChI is InChI=1S/C17H25N5O/c23-14-11-13(16(14)22-10-4-7-20-22)21-15(17-18-8-9-19-17)12-5-2-1-3-6-12/h4,7-10,12-16,21,23H,1-3,5-6,11H2,(H,18,19)/t13-,14+,15?,16+/m0/s1. The lowest BCUT2D eigenvalue weighted by Gasteiger charge is -2.45. The zero-order valence-electron chi connectivity index (χ0n) is 13.3. The van der Waals surface area contributed by atoms with E-state index in [1.54, 1.807) is 6.20 Å². The van der Waals surface area contributed by atoms with E-state index in [0.717, 1.165) is 12.2 Å². The molecule has 124 valence electrons. The zero-order chi connectivity index (χ0) is 15.6. The Labute approximate surface area is 136 Å². The van der Waals surface area contributed by atoms with Gasteiger partial charge in [-0.15, -0.1) is 0 Å². The quantitative estimate of drug-likeness (QED) is 0.790. The lowest BCUT2D eigenvalue weighted by molar-refractivity contribution is -0.0161. The van der Waals surface area contributed by atoms with E-state index in [2.05, 4.69) is 20.4 Å². The van der Waals surface area contributed by atoms with E-state index in [-0.39, 0.29) is 24.2 Å². The molecule has 6 nitrogen and oxygen atoms in total. The topological polar surface area (TPSA) is 78.8 Å². The van der Waals surface area contributed by atoms with E-state index in [1.165, 1.54) is 32.1 Å². The van der Waals surface area contributed by atoms with Crippen molar-refractivity contribution < 1.29 is 5.11 Å². The highest BCUT2D eigenvalue weighted by molar-refractivity contribution is 5.06. The summed E-state index contributed by atoms with van der Waals surface area (Å²) in [4.78, 5) is 7.80. The highest BCUT2D eigenvalue weighted by Crippen LogP contribution is 2.38. The third-order valence-electron chi connectivity index (χ3n) is 5.46. The number of nitrogens with one attached hydrogen (secondary N) is 2. The van der Waals surface area contributed by atoms with Gasteiger partial charge >= 0.3 is 0 Å². The number of H-pyrrole nitrogens is 1. The van der Waals surface area contributed by atoms with E-state index in [0.29, 0.717) is 5.92 Å². The fraction of sp³-hybridized carbons (Fsp3) is 0.647. The van der Waals surface area contributed by atoms with E-state index in [4.69, 9.17) is 0 Å². The minimum atomic E-state index is -0.323. The Kier molecular flexibility index (Phi) is 4.18. The second-order valence-corrected chi connectivity index (χ2v) is 6.90. The summed E-state index contributed by atoms with van der Waals surface area (Å²) in [7, 11) is 0. The molecular weight excluding hydrogens is 290 g/mol. The number of aromatic nitrogens is 4. The monoisotopic (exact) mass is 315 g/mol. The summed E-state index contributed by atoms with van der Waals surface area (Å²) in [5.74, 6) is 1.64. The van der Waals surface area contributed by atoms with Gasteiger partial charge in [0, 0.05) is 30.8 Å². The fourth-order valence-corrected chi connectivity index (χ4v) is 4.18. The molecule has 2 aliphatic carbocycles. The molecule has 2 fully saturated rings. The Morgan fingerprint density at radius 2 is 2.13 bits per heavy atom. The van der Waals surface area contributed by atoms with E-state index in [1.807, 2.05) is 29.3 Å². The van der Waals surface area contributed by atoms with Crippen molar-refractivity contribution in [3.63, 3.8) is 0 Å². The van der Waals surface area contributed by atoms with E-state index < -0.39 is 0 Å². The Morgan fingerprint density at radius 3 is 2.78 bits per heavy atom. The van der Waals surface area contributed by atoms with Crippen molar-refractivity contribution in [2.75, 3.05) is 0 Å². The van der Waals surface area contributed by atoms with Crippen LogP contribution in [0.2, 0.25) is 0 Å². The maximum atomic E-state index is 10.2. The second-order valence-electron chi connectivity index (χ2n) is 6.90. The lowest BCUT2D eigenvalue weighted by atomic mass is 9.79. The van der Waals surface area contributed by atoms with Crippen LogP contribution < -0.4 is 5.32 Å². The molecule has 0 spiro atoms. The fourth-order valence-electron chi connectivity index (χ4n) is 4.18. The normalized spacial score (nSPS) is 30.0. The van der Waals surface area contributed by atoms with Crippen LogP contribution in [0, 0.1) is 5.92 Å². The first kappa shape index (κ1) is 14.9. The number of aliphatic hydroxyl groups is 1. The third kappa shape index (κ3) is 2.93. The average Bonchev–Trinajstić information content (AvgIpc) is 3.25. The number of aromatic amines is 1. The molecule has 2 heterocycles. The lowest BCUT2D eigenvalue weighted by Crippen LogP contribution is -2.56. The number of aliphatic hydroxyl groups excluding tert-OH is 1. The maximum absolute atomic E-state index is 10.2. The summed E-state index contributed by atoms with van der Waals surface area (Å²) < 4.78 is 1.88. The van der Waals surface area contributed by atoms with Crippen LogP contribution in [0.3, 0.4) is 0 Å². The molecule has 0 bridgehead atoms. The Morgan fingerprint density at radius 1 is 1.26 bits per heavy atom. The van der Waals surface area contributed by atoms with Crippen molar-refractivity contribution in [3.8, 4) is 0 Å². The highest BCUT2D eigenvalue weighted by atomic mass is 16.3.